The van der Waals surface area contributed by atoms with Crippen molar-refractivity contribution in [2.75, 3.05) is 6.26 Å². The SMILES string of the molecule is CS(=O)(=O)C(CCn1cc(F)c(-c2ccc(OC3CC3)cc2)cc1=O)C(=O)NO. The van der Waals surface area contributed by atoms with Crippen LogP contribution in [0.4, 0.5) is 4.39 Å². The van der Waals surface area contributed by atoms with Gasteiger partial charge in [0, 0.05) is 30.6 Å². The molecule has 156 valence electrons. The summed E-state index contributed by atoms with van der Waals surface area (Å²) >= 11 is 0. The van der Waals surface area contributed by atoms with E-state index in [1.54, 1.807) is 24.3 Å². The number of nitrogens with zero attached hydrogens (tertiary/aromatic N) is 1. The maximum absolute atomic E-state index is 14.6. The first-order chi connectivity index (χ1) is 13.7. The van der Waals surface area contributed by atoms with Crippen LogP contribution in [0.25, 0.3) is 11.1 Å². The van der Waals surface area contributed by atoms with Crippen molar-refractivity contribution in [3.05, 3.63) is 52.7 Å². The zero-order valence-electron chi connectivity index (χ0n) is 15.7. The summed E-state index contributed by atoms with van der Waals surface area (Å²) in [5.41, 5.74) is 1.36. The number of hydrogen-bond acceptors (Lipinski definition) is 6. The lowest BCUT2D eigenvalue weighted by molar-refractivity contribution is -0.128. The van der Waals surface area contributed by atoms with Gasteiger partial charge in [-0.3, -0.25) is 14.8 Å². The van der Waals surface area contributed by atoms with Crippen LogP contribution in [0.1, 0.15) is 19.3 Å². The van der Waals surface area contributed by atoms with Gasteiger partial charge in [0.05, 0.1) is 6.10 Å². The van der Waals surface area contributed by atoms with E-state index in [1.165, 1.54) is 5.48 Å². The minimum Gasteiger partial charge on any atom is -0.490 e. The Morgan fingerprint density at radius 1 is 1.34 bits per heavy atom. The molecule has 1 fully saturated rings. The standard InChI is InChI=1S/C19H21FN2O6S/c1-29(26,27)17(19(24)21-25)8-9-22-11-16(20)15(10-18(22)23)12-2-4-13(5-3-12)28-14-6-7-14/h2-5,10-11,14,17,25H,6-9H2,1H3,(H,21,24). The molecule has 1 amide bonds. The van der Waals surface area contributed by atoms with E-state index in [1.807, 2.05) is 0 Å². The first-order valence-corrected chi connectivity index (χ1v) is 10.9. The van der Waals surface area contributed by atoms with Crippen molar-refractivity contribution in [2.24, 2.45) is 0 Å². The van der Waals surface area contributed by atoms with Crippen LogP contribution in [0.2, 0.25) is 0 Å². The third kappa shape index (κ3) is 5.21. The second kappa shape index (κ2) is 8.34. The number of pyridine rings is 1. The highest BCUT2D eigenvalue weighted by atomic mass is 32.2. The van der Waals surface area contributed by atoms with Crippen molar-refractivity contribution >= 4 is 15.7 Å². The number of nitrogens with one attached hydrogen (secondary N) is 1. The Kier molecular flexibility index (Phi) is 6.04. The van der Waals surface area contributed by atoms with E-state index in [4.69, 9.17) is 9.94 Å². The van der Waals surface area contributed by atoms with Gasteiger partial charge in [0.2, 0.25) is 0 Å². The van der Waals surface area contributed by atoms with Gasteiger partial charge in [0.1, 0.15) is 16.8 Å². The molecule has 1 unspecified atom stereocenters. The molecule has 0 saturated heterocycles. The van der Waals surface area contributed by atoms with Crippen LogP contribution < -0.4 is 15.8 Å². The molecule has 29 heavy (non-hydrogen) atoms. The Morgan fingerprint density at radius 3 is 2.55 bits per heavy atom. The molecule has 1 heterocycles. The molecular weight excluding hydrogens is 403 g/mol. The zero-order valence-corrected chi connectivity index (χ0v) is 16.5. The molecular formula is C19H21FN2O6S. The normalized spacial score (nSPS) is 15.0. The summed E-state index contributed by atoms with van der Waals surface area (Å²) in [5, 5.41) is 7.14. The number of benzene rings is 1. The molecule has 8 nitrogen and oxygen atoms in total. The molecule has 10 heteroatoms. The van der Waals surface area contributed by atoms with Gasteiger partial charge < -0.3 is 9.30 Å². The van der Waals surface area contributed by atoms with Gasteiger partial charge in [-0.1, -0.05) is 12.1 Å². The summed E-state index contributed by atoms with van der Waals surface area (Å²) in [6.07, 6.45) is 3.81. The van der Waals surface area contributed by atoms with Gasteiger partial charge in [-0.15, -0.1) is 0 Å². The van der Waals surface area contributed by atoms with Crippen molar-refractivity contribution in [1.29, 1.82) is 0 Å². The third-order valence-electron chi connectivity index (χ3n) is 4.62. The van der Waals surface area contributed by atoms with Gasteiger partial charge in [-0.2, -0.15) is 0 Å². The fraction of sp³-hybridized carbons (Fsp3) is 0.368. The predicted octanol–water partition coefficient (Wildman–Crippen LogP) is 1.50. The van der Waals surface area contributed by atoms with Crippen LogP contribution in [0.15, 0.2) is 41.3 Å². The van der Waals surface area contributed by atoms with Crippen molar-refractivity contribution in [3.8, 4) is 16.9 Å². The summed E-state index contributed by atoms with van der Waals surface area (Å²) in [6.45, 7) is -0.213. The average Bonchev–Trinajstić information content (AvgIpc) is 3.47. The molecule has 1 aliphatic carbocycles. The number of halogens is 1. The maximum Gasteiger partial charge on any atom is 0.261 e. The molecule has 1 saturated carbocycles. The molecule has 1 aromatic heterocycles. The Bertz CT molecular complexity index is 1060. The highest BCUT2D eigenvalue weighted by molar-refractivity contribution is 7.92. The van der Waals surface area contributed by atoms with E-state index in [2.05, 4.69) is 0 Å². The molecule has 3 rings (SSSR count). The number of carbonyl (C=O) groups excluding carboxylic acids is 1. The number of rotatable bonds is 8. The van der Waals surface area contributed by atoms with Gasteiger partial charge in [0.15, 0.2) is 9.84 Å². The number of hydrogen-bond donors (Lipinski definition) is 2. The topological polar surface area (TPSA) is 115 Å². The van der Waals surface area contributed by atoms with Crippen LogP contribution in [0.3, 0.4) is 0 Å². The lowest BCUT2D eigenvalue weighted by Crippen LogP contribution is -2.39. The number of ether oxygens (including phenoxy) is 1. The second-order valence-electron chi connectivity index (χ2n) is 6.99. The number of aryl methyl sites for hydroxylation is 1. The minimum absolute atomic E-state index is 0.108. The summed E-state index contributed by atoms with van der Waals surface area (Å²) in [5.74, 6) is -1.09. The van der Waals surface area contributed by atoms with Gasteiger partial charge >= 0.3 is 0 Å². The summed E-state index contributed by atoms with van der Waals surface area (Å²) in [7, 11) is -3.82. The van der Waals surface area contributed by atoms with Crippen LogP contribution in [0.5, 0.6) is 5.75 Å². The first-order valence-electron chi connectivity index (χ1n) is 8.99. The molecule has 0 aliphatic heterocycles. The molecule has 1 atom stereocenters. The zero-order chi connectivity index (χ0) is 21.2. The molecule has 0 bridgehead atoms. The number of hydroxylamine groups is 1. The summed E-state index contributed by atoms with van der Waals surface area (Å²) < 4.78 is 44.6. The van der Waals surface area contributed by atoms with Crippen LogP contribution >= 0.6 is 0 Å². The van der Waals surface area contributed by atoms with E-state index in [-0.39, 0.29) is 24.6 Å². The Morgan fingerprint density at radius 2 is 2.00 bits per heavy atom. The number of carbonyl (C=O) groups is 1. The number of sulfone groups is 1. The molecule has 1 aliphatic rings. The van der Waals surface area contributed by atoms with Gasteiger partial charge in [-0.05, 0) is 37.0 Å². The van der Waals surface area contributed by atoms with Crippen molar-refractivity contribution < 1.29 is 27.5 Å². The minimum atomic E-state index is -3.82. The highest BCUT2D eigenvalue weighted by Gasteiger charge is 2.28. The lowest BCUT2D eigenvalue weighted by Gasteiger charge is -2.14. The number of aromatic nitrogens is 1. The second-order valence-corrected chi connectivity index (χ2v) is 9.22. The fourth-order valence-corrected chi connectivity index (χ4v) is 3.88. The Hall–Kier alpha value is -2.72. The molecule has 2 N–H and O–H groups in total. The Labute approximate surface area is 166 Å². The smallest absolute Gasteiger partial charge is 0.261 e. The predicted molar refractivity (Wildman–Crippen MR) is 103 cm³/mol. The van der Waals surface area contributed by atoms with E-state index in [9.17, 15) is 22.4 Å². The monoisotopic (exact) mass is 424 g/mol. The van der Waals surface area contributed by atoms with Crippen molar-refractivity contribution in [3.63, 3.8) is 0 Å². The first kappa shape index (κ1) is 21.0. The lowest BCUT2D eigenvalue weighted by atomic mass is 10.1. The van der Waals surface area contributed by atoms with Gasteiger partial charge in [-0.25, -0.2) is 18.3 Å². The molecule has 2 aromatic rings. The molecule has 1 aromatic carbocycles. The fourth-order valence-electron chi connectivity index (χ4n) is 2.90. The van der Waals surface area contributed by atoms with Crippen LogP contribution in [-0.2, 0) is 21.2 Å². The van der Waals surface area contributed by atoms with E-state index in [0.29, 0.717) is 11.3 Å². The van der Waals surface area contributed by atoms with Crippen LogP contribution in [-0.4, -0.2) is 41.7 Å². The largest absolute Gasteiger partial charge is 0.490 e. The number of amides is 1. The van der Waals surface area contributed by atoms with Crippen molar-refractivity contribution in [2.45, 2.75) is 37.2 Å². The van der Waals surface area contributed by atoms with E-state index in [0.717, 1.165) is 35.9 Å². The Balaban J connectivity index is 1.78. The maximum atomic E-state index is 14.6. The van der Waals surface area contributed by atoms with Crippen molar-refractivity contribution in [1.82, 2.24) is 10.0 Å². The van der Waals surface area contributed by atoms with Crippen LogP contribution in [0, 0.1) is 5.82 Å². The highest BCUT2D eigenvalue weighted by Crippen LogP contribution is 2.29. The summed E-state index contributed by atoms with van der Waals surface area (Å²) in [4.78, 5) is 23.9. The third-order valence-corrected chi connectivity index (χ3v) is 6.10. The summed E-state index contributed by atoms with van der Waals surface area (Å²) in [6, 6.07) is 7.86. The molecule has 0 radical (unpaired) electrons. The van der Waals surface area contributed by atoms with Gasteiger partial charge in [0.25, 0.3) is 11.5 Å². The quantitative estimate of drug-likeness (QED) is 0.490. The van der Waals surface area contributed by atoms with E-state index < -0.39 is 32.4 Å². The molecule has 0 spiro atoms. The average molecular weight is 424 g/mol. The van der Waals surface area contributed by atoms with E-state index >= 15 is 0 Å².